The quantitative estimate of drug-likeness (QED) is 0.779. The van der Waals surface area contributed by atoms with Crippen LogP contribution in [0.15, 0.2) is 0 Å². The van der Waals surface area contributed by atoms with Gasteiger partial charge in [0.05, 0.1) is 6.04 Å². The number of hydrogen-bond acceptors (Lipinski definition) is 3. The van der Waals surface area contributed by atoms with E-state index in [4.69, 9.17) is 0 Å². The van der Waals surface area contributed by atoms with Gasteiger partial charge < -0.3 is 10.4 Å². The van der Waals surface area contributed by atoms with Crippen LogP contribution in [0.1, 0.15) is 47.0 Å². The number of carboxylic acid groups (broad SMARTS) is 1. The minimum absolute atomic E-state index is 0.120. The first-order chi connectivity index (χ1) is 9.34. The van der Waals surface area contributed by atoms with Crippen molar-refractivity contribution in [1.82, 2.24) is 10.2 Å². The van der Waals surface area contributed by atoms with Gasteiger partial charge in [-0.3, -0.25) is 9.69 Å². The Bertz CT molecular complexity index is 336. The smallest absolute Gasteiger partial charge is 0.326 e. The lowest BCUT2D eigenvalue weighted by molar-refractivity contribution is -0.144. The van der Waals surface area contributed by atoms with Crippen molar-refractivity contribution in [2.24, 2.45) is 11.8 Å². The van der Waals surface area contributed by atoms with E-state index in [1.54, 1.807) is 0 Å². The van der Waals surface area contributed by atoms with Crippen molar-refractivity contribution in [3.63, 3.8) is 0 Å². The fourth-order valence-electron chi connectivity index (χ4n) is 2.84. The molecule has 0 saturated carbocycles. The number of carbonyl (C=O) groups is 2. The van der Waals surface area contributed by atoms with Crippen LogP contribution in [-0.2, 0) is 9.59 Å². The van der Waals surface area contributed by atoms with Gasteiger partial charge in [-0.1, -0.05) is 34.1 Å². The largest absolute Gasteiger partial charge is 0.480 e. The second kappa shape index (κ2) is 7.62. The highest BCUT2D eigenvalue weighted by atomic mass is 16.4. The number of nitrogens with one attached hydrogen (secondary N) is 1. The molecule has 2 atom stereocenters. The van der Waals surface area contributed by atoms with E-state index in [9.17, 15) is 14.7 Å². The maximum Gasteiger partial charge on any atom is 0.326 e. The fraction of sp³-hybridized carbons (Fsp3) is 0.867. The molecule has 5 heteroatoms. The lowest BCUT2D eigenvalue weighted by Gasteiger charge is -2.36. The van der Waals surface area contributed by atoms with Crippen molar-refractivity contribution in [3.05, 3.63) is 0 Å². The first-order valence-corrected chi connectivity index (χ1v) is 7.61. The lowest BCUT2D eigenvalue weighted by Crippen LogP contribution is -2.55. The Morgan fingerprint density at radius 2 is 1.55 bits per heavy atom. The molecular weight excluding hydrogens is 256 g/mol. The van der Waals surface area contributed by atoms with E-state index in [0.717, 1.165) is 25.9 Å². The average molecular weight is 284 g/mol. The Kier molecular flexibility index (Phi) is 6.46. The van der Waals surface area contributed by atoms with Gasteiger partial charge in [-0.05, 0) is 37.8 Å². The van der Waals surface area contributed by atoms with Crippen molar-refractivity contribution < 1.29 is 14.7 Å². The van der Waals surface area contributed by atoms with E-state index in [-0.39, 0.29) is 23.8 Å². The molecule has 2 unspecified atom stereocenters. The Labute approximate surface area is 121 Å². The Balaban J connectivity index is 2.75. The van der Waals surface area contributed by atoms with Crippen LogP contribution in [0.25, 0.3) is 0 Å². The number of nitrogens with zero attached hydrogens (tertiary/aromatic N) is 1. The summed E-state index contributed by atoms with van der Waals surface area (Å²) in [5.41, 5.74) is 0. The first kappa shape index (κ1) is 17.0. The SMILES string of the molecule is CC(C)C(NC(=O)C(C(C)C)N1CCCCC1)C(=O)O. The lowest BCUT2D eigenvalue weighted by atomic mass is 9.97. The molecule has 1 rings (SSSR count). The van der Waals surface area contributed by atoms with Crippen LogP contribution in [0.2, 0.25) is 0 Å². The molecule has 1 saturated heterocycles. The zero-order valence-corrected chi connectivity index (χ0v) is 13.1. The van der Waals surface area contributed by atoms with Gasteiger partial charge in [0, 0.05) is 0 Å². The minimum atomic E-state index is -0.963. The summed E-state index contributed by atoms with van der Waals surface area (Å²) in [6.45, 7) is 9.51. The van der Waals surface area contributed by atoms with Crippen LogP contribution in [0.5, 0.6) is 0 Å². The second-order valence-electron chi connectivity index (χ2n) is 6.35. The minimum Gasteiger partial charge on any atom is -0.480 e. The van der Waals surface area contributed by atoms with E-state index >= 15 is 0 Å². The molecule has 0 aromatic carbocycles. The second-order valence-corrected chi connectivity index (χ2v) is 6.35. The standard InChI is InChI=1S/C15H28N2O3/c1-10(2)12(15(19)20)16-14(18)13(11(3)4)17-8-6-5-7-9-17/h10-13H,5-9H2,1-4H3,(H,16,18)(H,19,20). The third kappa shape index (κ3) is 4.47. The number of amides is 1. The van der Waals surface area contributed by atoms with Crippen molar-refractivity contribution in [2.45, 2.75) is 59.0 Å². The molecule has 116 valence electrons. The molecule has 1 amide bonds. The summed E-state index contributed by atoms with van der Waals surface area (Å²) >= 11 is 0. The van der Waals surface area contributed by atoms with Gasteiger partial charge in [0.2, 0.25) is 5.91 Å². The van der Waals surface area contributed by atoms with E-state index in [1.807, 2.05) is 27.7 Å². The molecule has 0 radical (unpaired) electrons. The zero-order valence-electron chi connectivity index (χ0n) is 13.1. The van der Waals surface area contributed by atoms with E-state index in [1.165, 1.54) is 6.42 Å². The average Bonchev–Trinajstić information content (AvgIpc) is 2.36. The van der Waals surface area contributed by atoms with Crippen LogP contribution >= 0.6 is 0 Å². The summed E-state index contributed by atoms with van der Waals surface area (Å²) in [4.78, 5) is 25.9. The van der Waals surface area contributed by atoms with Crippen LogP contribution in [-0.4, -0.2) is 47.1 Å². The van der Waals surface area contributed by atoms with Gasteiger partial charge in [0.1, 0.15) is 6.04 Å². The number of hydrogen-bond donors (Lipinski definition) is 2. The molecule has 2 N–H and O–H groups in total. The van der Waals surface area contributed by atoms with E-state index < -0.39 is 12.0 Å². The first-order valence-electron chi connectivity index (χ1n) is 7.61. The van der Waals surface area contributed by atoms with Crippen LogP contribution in [0, 0.1) is 11.8 Å². The Morgan fingerprint density at radius 3 is 1.95 bits per heavy atom. The number of aliphatic carboxylic acids is 1. The van der Waals surface area contributed by atoms with Crippen LogP contribution in [0.4, 0.5) is 0 Å². The molecule has 5 nitrogen and oxygen atoms in total. The van der Waals surface area contributed by atoms with Gasteiger partial charge >= 0.3 is 5.97 Å². The topological polar surface area (TPSA) is 69.6 Å². The molecule has 0 aromatic heterocycles. The van der Waals surface area contributed by atoms with Crippen molar-refractivity contribution in [1.29, 1.82) is 0 Å². The number of piperidine rings is 1. The number of carbonyl (C=O) groups excluding carboxylic acids is 1. The normalized spacial score (nSPS) is 19.9. The van der Waals surface area contributed by atoms with Gasteiger partial charge in [-0.15, -0.1) is 0 Å². The molecule has 0 aromatic rings. The molecule has 0 bridgehead atoms. The number of likely N-dealkylation sites (tertiary alicyclic amines) is 1. The zero-order chi connectivity index (χ0) is 15.3. The van der Waals surface area contributed by atoms with Crippen LogP contribution < -0.4 is 5.32 Å². The molecule has 0 aliphatic carbocycles. The van der Waals surface area contributed by atoms with Crippen molar-refractivity contribution in [2.75, 3.05) is 13.1 Å². The van der Waals surface area contributed by atoms with E-state index in [0.29, 0.717) is 0 Å². The number of carboxylic acids is 1. The molecule has 1 heterocycles. The third-order valence-corrected chi connectivity index (χ3v) is 3.91. The highest BCUT2D eigenvalue weighted by Gasteiger charge is 2.33. The summed E-state index contributed by atoms with van der Waals surface area (Å²) in [6.07, 6.45) is 3.44. The summed E-state index contributed by atoms with van der Waals surface area (Å²) in [6, 6.07) is -1.04. The summed E-state index contributed by atoms with van der Waals surface area (Å²) in [5.74, 6) is -1.06. The molecule has 1 aliphatic rings. The Hall–Kier alpha value is -1.10. The maximum absolute atomic E-state index is 12.5. The molecule has 0 spiro atoms. The predicted molar refractivity (Wildman–Crippen MR) is 78.5 cm³/mol. The summed E-state index contributed by atoms with van der Waals surface area (Å²) < 4.78 is 0. The maximum atomic E-state index is 12.5. The summed E-state index contributed by atoms with van der Waals surface area (Å²) in [5, 5.41) is 11.9. The molecular formula is C15H28N2O3. The summed E-state index contributed by atoms with van der Waals surface area (Å²) in [7, 11) is 0. The molecule has 1 aliphatic heterocycles. The van der Waals surface area contributed by atoms with Gasteiger partial charge in [-0.25, -0.2) is 4.79 Å². The fourth-order valence-corrected chi connectivity index (χ4v) is 2.84. The van der Waals surface area contributed by atoms with E-state index in [2.05, 4.69) is 10.2 Å². The highest BCUT2D eigenvalue weighted by molar-refractivity contribution is 5.87. The third-order valence-electron chi connectivity index (χ3n) is 3.91. The van der Waals surface area contributed by atoms with Crippen LogP contribution in [0.3, 0.4) is 0 Å². The molecule has 1 fully saturated rings. The number of rotatable bonds is 6. The van der Waals surface area contributed by atoms with Crippen molar-refractivity contribution >= 4 is 11.9 Å². The Morgan fingerprint density at radius 1 is 1.00 bits per heavy atom. The van der Waals surface area contributed by atoms with Gasteiger partial charge in [0.15, 0.2) is 0 Å². The molecule has 20 heavy (non-hydrogen) atoms. The predicted octanol–water partition coefficient (Wildman–Crippen LogP) is 1.72. The van der Waals surface area contributed by atoms with Gasteiger partial charge in [0.25, 0.3) is 0 Å². The highest BCUT2D eigenvalue weighted by Crippen LogP contribution is 2.18. The van der Waals surface area contributed by atoms with Crippen molar-refractivity contribution in [3.8, 4) is 0 Å². The van der Waals surface area contributed by atoms with Gasteiger partial charge in [-0.2, -0.15) is 0 Å². The monoisotopic (exact) mass is 284 g/mol.